The molecular weight excluding hydrogens is 328 g/mol. The molecule has 2 unspecified atom stereocenters. The van der Waals surface area contributed by atoms with E-state index in [1.807, 2.05) is 43.3 Å². The molecule has 0 bridgehead atoms. The van der Waals surface area contributed by atoms with Crippen LogP contribution in [0.4, 0.5) is 0 Å². The lowest BCUT2D eigenvalue weighted by Gasteiger charge is -2.16. The van der Waals surface area contributed by atoms with Crippen molar-refractivity contribution in [3.63, 3.8) is 0 Å². The number of aryl methyl sites for hydroxylation is 1. The van der Waals surface area contributed by atoms with Crippen LogP contribution in [0.1, 0.15) is 24.9 Å². The van der Waals surface area contributed by atoms with E-state index in [1.165, 1.54) is 6.42 Å². The maximum absolute atomic E-state index is 12.4. The highest BCUT2D eigenvalue weighted by molar-refractivity contribution is 5.76. The molecule has 4 rings (SSSR count). The highest BCUT2D eigenvalue weighted by Crippen LogP contribution is 2.37. The first kappa shape index (κ1) is 16.8. The average molecular weight is 352 g/mol. The van der Waals surface area contributed by atoms with Gasteiger partial charge in [0.05, 0.1) is 23.8 Å². The largest absolute Gasteiger partial charge is 0.344 e. The zero-order chi connectivity index (χ0) is 18.3. The van der Waals surface area contributed by atoms with E-state index in [1.54, 1.807) is 4.68 Å². The lowest BCUT2D eigenvalue weighted by molar-refractivity contribution is -0.131. The minimum absolute atomic E-state index is 0.0739. The van der Waals surface area contributed by atoms with Crippen LogP contribution in [0.5, 0.6) is 0 Å². The fraction of sp³-hybridized carbons (Fsp3) is 0.474. The first-order valence-electron chi connectivity index (χ1n) is 9.06. The Morgan fingerprint density at radius 2 is 2.12 bits per heavy atom. The van der Waals surface area contributed by atoms with Gasteiger partial charge >= 0.3 is 0 Å². The van der Waals surface area contributed by atoms with Crippen LogP contribution in [0.25, 0.3) is 11.0 Å². The molecule has 1 fully saturated rings. The second-order valence-corrected chi connectivity index (χ2v) is 7.39. The molecule has 1 amide bonds. The van der Waals surface area contributed by atoms with Gasteiger partial charge in [-0.3, -0.25) is 4.79 Å². The van der Waals surface area contributed by atoms with Crippen molar-refractivity contribution in [3.8, 4) is 0 Å². The number of imidazole rings is 1. The van der Waals surface area contributed by atoms with E-state index in [2.05, 4.69) is 32.9 Å². The van der Waals surface area contributed by atoms with Gasteiger partial charge in [-0.25, -0.2) is 9.67 Å². The van der Waals surface area contributed by atoms with Gasteiger partial charge in [0, 0.05) is 13.6 Å². The Bertz CT molecular complexity index is 943. The number of nitrogens with zero attached hydrogens (tertiary/aromatic N) is 6. The Labute approximate surface area is 152 Å². The summed E-state index contributed by atoms with van der Waals surface area (Å²) in [4.78, 5) is 18.7. The molecule has 2 aromatic heterocycles. The molecule has 1 saturated carbocycles. The summed E-state index contributed by atoms with van der Waals surface area (Å²) in [6.07, 6.45) is 3.07. The summed E-state index contributed by atoms with van der Waals surface area (Å²) in [5.74, 6) is 2.42. The van der Waals surface area contributed by atoms with E-state index >= 15 is 0 Å². The number of para-hydroxylation sites is 2. The minimum atomic E-state index is 0.0739. The van der Waals surface area contributed by atoms with E-state index in [4.69, 9.17) is 0 Å². The number of likely N-dealkylation sites (N-methyl/N-ethyl adjacent to an activating group) is 1. The van der Waals surface area contributed by atoms with Crippen LogP contribution in [-0.4, -0.2) is 48.9 Å². The normalized spacial score (nSPS) is 19.0. The summed E-state index contributed by atoms with van der Waals surface area (Å²) in [5, 5.41) is 8.35. The zero-order valence-corrected chi connectivity index (χ0v) is 15.5. The fourth-order valence-corrected chi connectivity index (χ4v) is 3.41. The predicted octanol–water partition coefficient (Wildman–Crippen LogP) is 2.10. The van der Waals surface area contributed by atoms with Crippen molar-refractivity contribution in [1.82, 2.24) is 29.4 Å². The van der Waals surface area contributed by atoms with Gasteiger partial charge in [0.25, 0.3) is 0 Å². The van der Waals surface area contributed by atoms with Crippen LogP contribution in [0.3, 0.4) is 0 Å². The molecule has 0 radical (unpaired) electrons. The molecule has 1 aliphatic carbocycles. The van der Waals surface area contributed by atoms with Crippen molar-refractivity contribution >= 4 is 16.9 Å². The van der Waals surface area contributed by atoms with E-state index < -0.39 is 0 Å². The number of aromatic nitrogens is 5. The van der Waals surface area contributed by atoms with Gasteiger partial charge in [-0.15, -0.1) is 5.10 Å². The van der Waals surface area contributed by atoms with Crippen molar-refractivity contribution in [2.24, 2.45) is 11.8 Å². The molecule has 7 heteroatoms. The quantitative estimate of drug-likeness (QED) is 0.681. The van der Waals surface area contributed by atoms with Crippen LogP contribution in [0, 0.1) is 18.8 Å². The second kappa shape index (κ2) is 6.55. The van der Waals surface area contributed by atoms with Gasteiger partial charge in [0.1, 0.15) is 18.1 Å². The molecule has 7 nitrogen and oxygen atoms in total. The van der Waals surface area contributed by atoms with Crippen molar-refractivity contribution in [2.45, 2.75) is 33.4 Å². The maximum Gasteiger partial charge on any atom is 0.244 e. The van der Waals surface area contributed by atoms with Crippen molar-refractivity contribution in [3.05, 3.63) is 42.0 Å². The molecule has 3 aromatic rings. The molecule has 0 aliphatic heterocycles. The molecule has 0 saturated heterocycles. The third-order valence-electron chi connectivity index (χ3n) is 5.26. The smallest absolute Gasteiger partial charge is 0.244 e. The monoisotopic (exact) mass is 352 g/mol. The summed E-state index contributed by atoms with van der Waals surface area (Å²) in [6.45, 7) is 5.88. The molecule has 1 aliphatic rings. The fourth-order valence-electron chi connectivity index (χ4n) is 3.41. The summed E-state index contributed by atoms with van der Waals surface area (Å²) in [6, 6.07) is 8.05. The van der Waals surface area contributed by atoms with E-state index in [0.29, 0.717) is 12.5 Å². The standard InChI is InChI=1S/C19H24N6O/c1-13-8-15(13)9-23(3)19(26)12-24-10-16(21-22-24)11-25-14(2)20-17-6-4-5-7-18(17)25/h4-7,10,13,15H,8-9,11-12H2,1-3H3. The van der Waals surface area contributed by atoms with Crippen LogP contribution < -0.4 is 0 Å². The molecule has 2 heterocycles. The van der Waals surface area contributed by atoms with Crippen LogP contribution in [0.2, 0.25) is 0 Å². The average Bonchev–Trinajstić information content (AvgIpc) is 3.01. The topological polar surface area (TPSA) is 68.8 Å². The minimum Gasteiger partial charge on any atom is -0.344 e. The number of benzene rings is 1. The van der Waals surface area contributed by atoms with Gasteiger partial charge < -0.3 is 9.47 Å². The van der Waals surface area contributed by atoms with Gasteiger partial charge in [-0.1, -0.05) is 24.3 Å². The summed E-state index contributed by atoms with van der Waals surface area (Å²) < 4.78 is 3.74. The molecular formula is C19H24N6O. The SMILES string of the molecule is Cc1nc2ccccc2n1Cc1cn(CC(=O)N(C)CC2CC2C)nn1. The summed E-state index contributed by atoms with van der Waals surface area (Å²) >= 11 is 0. The molecule has 0 N–H and O–H groups in total. The van der Waals surface area contributed by atoms with Crippen molar-refractivity contribution < 1.29 is 4.79 Å². The van der Waals surface area contributed by atoms with Crippen LogP contribution in [0.15, 0.2) is 30.5 Å². The Hall–Kier alpha value is -2.70. The third-order valence-corrected chi connectivity index (χ3v) is 5.26. The number of rotatable bonds is 6. The van der Waals surface area contributed by atoms with Crippen molar-refractivity contribution in [2.75, 3.05) is 13.6 Å². The number of fused-ring (bicyclic) bond motifs is 1. The second-order valence-electron chi connectivity index (χ2n) is 7.39. The Morgan fingerprint density at radius 1 is 1.35 bits per heavy atom. The lowest BCUT2D eigenvalue weighted by atomic mass is 10.3. The number of hydrogen-bond donors (Lipinski definition) is 0. The number of amides is 1. The first-order chi connectivity index (χ1) is 12.5. The number of carbonyl (C=O) groups is 1. The molecule has 2 atom stereocenters. The van der Waals surface area contributed by atoms with Gasteiger partial charge in [-0.05, 0) is 37.3 Å². The van der Waals surface area contributed by atoms with Gasteiger partial charge in [0.15, 0.2) is 0 Å². The summed E-state index contributed by atoms with van der Waals surface area (Å²) in [5.41, 5.74) is 2.87. The number of hydrogen-bond acceptors (Lipinski definition) is 4. The summed E-state index contributed by atoms with van der Waals surface area (Å²) in [7, 11) is 1.87. The van der Waals surface area contributed by atoms with Crippen molar-refractivity contribution in [1.29, 1.82) is 0 Å². The highest BCUT2D eigenvalue weighted by Gasteiger charge is 2.34. The van der Waals surface area contributed by atoms with E-state index in [0.717, 1.165) is 35.0 Å². The zero-order valence-electron chi connectivity index (χ0n) is 15.5. The Kier molecular flexibility index (Phi) is 4.22. The molecule has 136 valence electrons. The van der Waals surface area contributed by atoms with Crippen LogP contribution >= 0.6 is 0 Å². The maximum atomic E-state index is 12.4. The third kappa shape index (κ3) is 3.34. The van der Waals surface area contributed by atoms with Gasteiger partial charge in [-0.2, -0.15) is 0 Å². The molecule has 26 heavy (non-hydrogen) atoms. The predicted molar refractivity (Wildman–Crippen MR) is 98.5 cm³/mol. The Morgan fingerprint density at radius 3 is 2.88 bits per heavy atom. The van der Waals surface area contributed by atoms with E-state index in [-0.39, 0.29) is 12.5 Å². The molecule has 1 aromatic carbocycles. The van der Waals surface area contributed by atoms with Crippen LogP contribution in [-0.2, 0) is 17.9 Å². The lowest BCUT2D eigenvalue weighted by Crippen LogP contribution is -2.32. The number of carbonyl (C=O) groups excluding carboxylic acids is 1. The molecule has 0 spiro atoms. The van der Waals surface area contributed by atoms with Gasteiger partial charge in [0.2, 0.25) is 5.91 Å². The van der Waals surface area contributed by atoms with E-state index in [9.17, 15) is 4.79 Å². The Balaban J connectivity index is 1.43. The highest BCUT2D eigenvalue weighted by atomic mass is 16.2. The first-order valence-corrected chi connectivity index (χ1v) is 9.06.